The van der Waals surface area contributed by atoms with E-state index in [4.69, 9.17) is 9.26 Å². The number of anilines is 1. The normalized spacial score (nSPS) is 17.4. The fraction of sp³-hybridized carbons (Fsp3) is 0.500. The number of likely N-dealkylation sites (tertiary alicyclic amines) is 1. The number of aromatic nitrogens is 1. The Morgan fingerprint density at radius 3 is 2.38 bits per heavy atom. The largest absolute Gasteiger partial charge is 0.484 e. The standard InChI is InChI=1S/C24H31N5O5/c1-18-15-21(26-34-18)25-22(30)16-27-11-13-29(14-12-27)24(32)19-7-9-28(10-8-19)23(31)17-33-20-5-3-2-4-6-20/h2-6,15,19H,7-14,16-17H2,1H3,(H,25,26,30). The van der Waals surface area contributed by atoms with Crippen LogP contribution in [0.25, 0.3) is 0 Å². The molecule has 0 aliphatic carbocycles. The van der Waals surface area contributed by atoms with Crippen molar-refractivity contribution in [3.05, 3.63) is 42.2 Å². The van der Waals surface area contributed by atoms with Crippen molar-refractivity contribution in [2.24, 2.45) is 5.92 Å². The van der Waals surface area contributed by atoms with Crippen molar-refractivity contribution < 1.29 is 23.6 Å². The molecule has 3 heterocycles. The maximum Gasteiger partial charge on any atom is 0.260 e. The molecular formula is C24H31N5O5. The van der Waals surface area contributed by atoms with Gasteiger partial charge < -0.3 is 24.4 Å². The summed E-state index contributed by atoms with van der Waals surface area (Å²) >= 11 is 0. The second kappa shape index (κ2) is 11.1. The number of rotatable bonds is 7. The molecule has 0 unspecified atom stereocenters. The van der Waals surface area contributed by atoms with Crippen molar-refractivity contribution in [3.8, 4) is 5.75 Å². The molecule has 0 saturated carbocycles. The Bertz CT molecular complexity index is 979. The van der Waals surface area contributed by atoms with Gasteiger partial charge in [0.25, 0.3) is 5.91 Å². The molecule has 10 nitrogen and oxygen atoms in total. The quantitative estimate of drug-likeness (QED) is 0.653. The van der Waals surface area contributed by atoms with Gasteiger partial charge in [0.2, 0.25) is 11.8 Å². The van der Waals surface area contributed by atoms with Crippen LogP contribution in [0, 0.1) is 12.8 Å². The minimum atomic E-state index is -0.152. The third-order valence-corrected chi connectivity index (χ3v) is 6.25. The average molecular weight is 470 g/mol. The monoisotopic (exact) mass is 469 g/mol. The lowest BCUT2D eigenvalue weighted by atomic mass is 9.95. The van der Waals surface area contributed by atoms with Crippen molar-refractivity contribution in [1.82, 2.24) is 19.9 Å². The topological polar surface area (TPSA) is 108 Å². The van der Waals surface area contributed by atoms with Crippen molar-refractivity contribution in [2.45, 2.75) is 19.8 Å². The van der Waals surface area contributed by atoms with Crippen LogP contribution in [-0.2, 0) is 14.4 Å². The second-order valence-electron chi connectivity index (χ2n) is 8.73. The molecule has 1 aromatic carbocycles. The molecule has 2 aliphatic heterocycles. The van der Waals surface area contributed by atoms with E-state index in [0.29, 0.717) is 69.4 Å². The van der Waals surface area contributed by atoms with E-state index in [1.54, 1.807) is 17.9 Å². The summed E-state index contributed by atoms with van der Waals surface area (Å²) in [5, 5.41) is 6.49. The summed E-state index contributed by atoms with van der Waals surface area (Å²) in [5.41, 5.74) is 0. The Hall–Kier alpha value is -3.40. The Balaban J connectivity index is 1.15. The molecule has 182 valence electrons. The highest BCUT2D eigenvalue weighted by atomic mass is 16.5. The molecule has 10 heteroatoms. The van der Waals surface area contributed by atoms with E-state index >= 15 is 0 Å². The molecule has 2 saturated heterocycles. The van der Waals surface area contributed by atoms with Crippen molar-refractivity contribution in [1.29, 1.82) is 0 Å². The number of aryl methyl sites for hydroxylation is 1. The molecule has 2 aromatic rings. The zero-order valence-electron chi connectivity index (χ0n) is 19.4. The predicted molar refractivity (Wildman–Crippen MR) is 124 cm³/mol. The lowest BCUT2D eigenvalue weighted by Crippen LogP contribution is -2.53. The van der Waals surface area contributed by atoms with Crippen molar-refractivity contribution >= 4 is 23.5 Å². The maximum atomic E-state index is 13.0. The molecule has 4 rings (SSSR count). The molecule has 2 fully saturated rings. The molecule has 3 amide bonds. The zero-order chi connectivity index (χ0) is 23.9. The van der Waals surface area contributed by atoms with Gasteiger partial charge in [-0.15, -0.1) is 0 Å². The number of ether oxygens (including phenoxy) is 1. The van der Waals surface area contributed by atoms with Gasteiger partial charge in [0, 0.05) is 51.3 Å². The van der Waals surface area contributed by atoms with Gasteiger partial charge in [-0.1, -0.05) is 23.4 Å². The van der Waals surface area contributed by atoms with Crippen molar-refractivity contribution in [3.63, 3.8) is 0 Å². The molecule has 0 radical (unpaired) electrons. The van der Waals surface area contributed by atoms with Gasteiger partial charge in [-0.05, 0) is 31.9 Å². The van der Waals surface area contributed by atoms with E-state index in [1.807, 2.05) is 40.1 Å². The van der Waals surface area contributed by atoms with Crippen LogP contribution >= 0.6 is 0 Å². The Morgan fingerprint density at radius 2 is 1.74 bits per heavy atom. The average Bonchev–Trinajstić information content (AvgIpc) is 3.27. The highest BCUT2D eigenvalue weighted by Crippen LogP contribution is 2.21. The van der Waals surface area contributed by atoms with Crippen LogP contribution in [0.2, 0.25) is 0 Å². The van der Waals surface area contributed by atoms with Crippen LogP contribution in [0.5, 0.6) is 5.75 Å². The van der Waals surface area contributed by atoms with Crippen LogP contribution in [0.1, 0.15) is 18.6 Å². The van der Waals surface area contributed by atoms with Gasteiger partial charge in [-0.25, -0.2) is 0 Å². The SMILES string of the molecule is Cc1cc(NC(=O)CN2CCN(C(=O)C3CCN(C(=O)COc4ccccc4)CC3)CC2)no1. The third kappa shape index (κ3) is 6.34. The number of nitrogens with zero attached hydrogens (tertiary/aromatic N) is 4. The lowest BCUT2D eigenvalue weighted by Gasteiger charge is -2.38. The van der Waals surface area contributed by atoms with Gasteiger partial charge in [0.05, 0.1) is 6.54 Å². The van der Waals surface area contributed by atoms with E-state index in [0.717, 1.165) is 0 Å². The highest BCUT2D eigenvalue weighted by molar-refractivity contribution is 5.91. The summed E-state index contributed by atoms with van der Waals surface area (Å²) in [7, 11) is 0. The number of carbonyl (C=O) groups is 3. The van der Waals surface area contributed by atoms with Crippen LogP contribution in [0.3, 0.4) is 0 Å². The Labute approximate surface area is 198 Å². The third-order valence-electron chi connectivity index (χ3n) is 6.25. The van der Waals surface area contributed by atoms with E-state index in [1.165, 1.54) is 0 Å². The predicted octanol–water partition coefficient (Wildman–Crippen LogP) is 1.38. The van der Waals surface area contributed by atoms with Gasteiger partial charge in [0.1, 0.15) is 11.5 Å². The van der Waals surface area contributed by atoms with Gasteiger partial charge in [-0.3, -0.25) is 19.3 Å². The first-order chi connectivity index (χ1) is 16.5. The van der Waals surface area contributed by atoms with Crippen LogP contribution in [0.4, 0.5) is 5.82 Å². The summed E-state index contributed by atoms with van der Waals surface area (Å²) in [5.74, 6) is 1.60. The van der Waals surface area contributed by atoms with E-state index in [9.17, 15) is 14.4 Å². The molecule has 1 aromatic heterocycles. The number of piperazine rings is 1. The van der Waals surface area contributed by atoms with E-state index < -0.39 is 0 Å². The molecule has 0 spiro atoms. The highest BCUT2D eigenvalue weighted by Gasteiger charge is 2.32. The summed E-state index contributed by atoms with van der Waals surface area (Å²) in [6.45, 7) is 5.63. The minimum Gasteiger partial charge on any atom is -0.484 e. The molecule has 1 N–H and O–H groups in total. The number of amides is 3. The smallest absolute Gasteiger partial charge is 0.260 e. The number of hydrogen-bond donors (Lipinski definition) is 1. The summed E-state index contributed by atoms with van der Waals surface area (Å²) in [6, 6.07) is 10.9. The molecular weight excluding hydrogens is 438 g/mol. The van der Waals surface area contributed by atoms with Gasteiger partial charge in [0.15, 0.2) is 12.4 Å². The first-order valence-corrected chi connectivity index (χ1v) is 11.7. The first-order valence-electron chi connectivity index (χ1n) is 11.7. The van der Waals surface area contributed by atoms with Gasteiger partial charge in [-0.2, -0.15) is 0 Å². The molecule has 34 heavy (non-hydrogen) atoms. The maximum absolute atomic E-state index is 13.0. The number of carbonyl (C=O) groups excluding carboxylic acids is 3. The summed E-state index contributed by atoms with van der Waals surface area (Å²) in [6.07, 6.45) is 1.32. The fourth-order valence-corrected chi connectivity index (χ4v) is 4.32. The zero-order valence-corrected chi connectivity index (χ0v) is 19.4. The number of benzene rings is 1. The summed E-state index contributed by atoms with van der Waals surface area (Å²) in [4.78, 5) is 43.3. The fourth-order valence-electron chi connectivity index (χ4n) is 4.32. The lowest BCUT2D eigenvalue weighted by molar-refractivity contribution is -0.142. The minimum absolute atomic E-state index is 0.00836. The summed E-state index contributed by atoms with van der Waals surface area (Å²) < 4.78 is 10.5. The molecule has 0 atom stereocenters. The molecule has 2 aliphatic rings. The Morgan fingerprint density at radius 1 is 1.03 bits per heavy atom. The van der Waals surface area contributed by atoms with E-state index in [2.05, 4.69) is 10.5 Å². The Kier molecular flexibility index (Phi) is 7.79. The van der Waals surface area contributed by atoms with E-state index in [-0.39, 0.29) is 36.8 Å². The first kappa shape index (κ1) is 23.7. The van der Waals surface area contributed by atoms with Crippen LogP contribution in [0.15, 0.2) is 40.9 Å². The number of nitrogens with one attached hydrogen (secondary N) is 1. The molecule has 0 bridgehead atoms. The number of para-hydroxylation sites is 1. The van der Waals surface area contributed by atoms with Crippen LogP contribution < -0.4 is 10.1 Å². The van der Waals surface area contributed by atoms with Crippen molar-refractivity contribution in [2.75, 3.05) is 57.7 Å². The number of hydrogen-bond acceptors (Lipinski definition) is 7. The second-order valence-corrected chi connectivity index (χ2v) is 8.73. The van der Waals surface area contributed by atoms with Crippen LogP contribution in [-0.4, -0.2) is 90.0 Å². The number of piperidine rings is 1. The van der Waals surface area contributed by atoms with Gasteiger partial charge >= 0.3 is 0 Å².